The Morgan fingerprint density at radius 3 is 2.83 bits per heavy atom. The maximum absolute atomic E-state index is 13.0. The van der Waals surface area contributed by atoms with Crippen LogP contribution in [0.4, 0.5) is 13.2 Å². The monoisotopic (exact) mass is 346 g/mol. The van der Waals surface area contributed by atoms with Gasteiger partial charge in [0, 0.05) is 24.6 Å². The van der Waals surface area contributed by atoms with E-state index >= 15 is 0 Å². The summed E-state index contributed by atoms with van der Waals surface area (Å²) in [6.07, 6.45) is -4.54. The molecule has 3 rings (SSSR count). The van der Waals surface area contributed by atoms with Crippen molar-refractivity contribution < 1.29 is 32.6 Å². The maximum Gasteiger partial charge on any atom is 0.432 e. The number of oxime groups is 1. The first-order valence-corrected chi connectivity index (χ1v) is 7.34. The topological polar surface area (TPSA) is 63.5 Å². The quantitative estimate of drug-likeness (QED) is 0.518. The van der Waals surface area contributed by atoms with Crippen molar-refractivity contribution in [2.45, 2.75) is 25.1 Å². The van der Waals surface area contributed by atoms with Gasteiger partial charge in [0.05, 0.1) is 7.11 Å². The molecule has 0 aromatic heterocycles. The molecule has 132 valence electrons. The predicted molar refractivity (Wildman–Crippen MR) is 78.1 cm³/mol. The first-order chi connectivity index (χ1) is 11.4. The van der Waals surface area contributed by atoms with Crippen LogP contribution in [0.15, 0.2) is 11.2 Å². The molecule has 1 aromatic carbocycles. The predicted octanol–water partition coefficient (Wildman–Crippen LogP) is 2.74. The summed E-state index contributed by atoms with van der Waals surface area (Å²) in [5, 5.41) is 11.2. The zero-order valence-electron chi connectivity index (χ0n) is 13.2. The van der Waals surface area contributed by atoms with Gasteiger partial charge in [-0.25, -0.2) is 0 Å². The van der Waals surface area contributed by atoms with E-state index in [1.807, 2.05) is 0 Å². The second kappa shape index (κ2) is 6.04. The van der Waals surface area contributed by atoms with Crippen LogP contribution < -0.4 is 14.2 Å². The third-order valence-corrected chi connectivity index (χ3v) is 4.38. The van der Waals surface area contributed by atoms with E-state index in [0.717, 1.165) is 5.56 Å². The van der Waals surface area contributed by atoms with E-state index in [1.54, 1.807) is 18.0 Å². The van der Waals surface area contributed by atoms with Gasteiger partial charge in [-0.15, -0.1) is 0 Å². The summed E-state index contributed by atoms with van der Waals surface area (Å²) in [6.45, 7) is 0.609. The number of nitrogens with zero attached hydrogens (tertiary/aromatic N) is 2. The number of hydrogen-bond acceptors (Lipinski definition) is 6. The summed E-state index contributed by atoms with van der Waals surface area (Å²) < 4.78 is 55.2. The van der Waals surface area contributed by atoms with Crippen LogP contribution in [-0.4, -0.2) is 49.5 Å². The standard InChI is InChI=1S/C15H17F3N2O4/c1-20-4-3-8-5-10-13(24-7-23-10)14(22-2)12(8)9(20)6-11(19-21)15(16,17)18/h5,9,21H,3-4,6-7H2,1-2H3. The molecule has 0 radical (unpaired) electrons. The number of halogens is 3. The van der Waals surface area contributed by atoms with E-state index in [9.17, 15) is 13.2 Å². The normalized spacial score (nSPS) is 20.9. The molecule has 0 bridgehead atoms. The molecule has 0 fully saturated rings. The van der Waals surface area contributed by atoms with Gasteiger partial charge in [0.15, 0.2) is 17.2 Å². The average molecular weight is 346 g/mol. The summed E-state index contributed by atoms with van der Waals surface area (Å²) in [5.41, 5.74) is 0.228. The molecule has 0 amide bonds. The summed E-state index contributed by atoms with van der Waals surface area (Å²) >= 11 is 0. The molecule has 2 aliphatic heterocycles. The number of methoxy groups -OCH3 is 1. The number of alkyl halides is 3. The van der Waals surface area contributed by atoms with Crippen molar-refractivity contribution >= 4 is 5.71 Å². The smallest absolute Gasteiger partial charge is 0.432 e. The van der Waals surface area contributed by atoms with E-state index in [4.69, 9.17) is 19.4 Å². The average Bonchev–Trinajstić information content (AvgIpc) is 2.98. The Kier molecular flexibility index (Phi) is 4.20. The molecule has 9 heteroatoms. The van der Waals surface area contributed by atoms with Crippen LogP contribution in [-0.2, 0) is 6.42 Å². The Labute approximate surface area is 136 Å². The Hall–Kier alpha value is -2.16. The van der Waals surface area contributed by atoms with Crippen molar-refractivity contribution in [3.63, 3.8) is 0 Å². The van der Waals surface area contributed by atoms with Gasteiger partial charge in [-0.2, -0.15) is 13.2 Å². The van der Waals surface area contributed by atoms with Crippen LogP contribution in [0.25, 0.3) is 0 Å². The highest BCUT2D eigenvalue weighted by molar-refractivity contribution is 5.90. The first-order valence-electron chi connectivity index (χ1n) is 7.34. The van der Waals surface area contributed by atoms with Gasteiger partial charge in [0.25, 0.3) is 0 Å². The Bertz CT molecular complexity index is 676. The Balaban J connectivity index is 2.07. The molecule has 6 nitrogen and oxygen atoms in total. The van der Waals surface area contributed by atoms with Gasteiger partial charge < -0.3 is 19.4 Å². The lowest BCUT2D eigenvalue weighted by Gasteiger charge is -2.36. The van der Waals surface area contributed by atoms with Crippen LogP contribution in [0.3, 0.4) is 0 Å². The summed E-state index contributed by atoms with van der Waals surface area (Å²) in [5.74, 6) is 1.29. The van der Waals surface area contributed by atoms with E-state index < -0.39 is 24.4 Å². The second-order valence-electron chi connectivity index (χ2n) is 5.71. The minimum absolute atomic E-state index is 0.0427. The van der Waals surface area contributed by atoms with Gasteiger partial charge >= 0.3 is 6.18 Å². The Morgan fingerprint density at radius 1 is 1.46 bits per heavy atom. The fraction of sp³-hybridized carbons (Fsp3) is 0.533. The molecule has 1 N–H and O–H groups in total. The van der Waals surface area contributed by atoms with Gasteiger partial charge in [-0.1, -0.05) is 5.16 Å². The van der Waals surface area contributed by atoms with Crippen LogP contribution >= 0.6 is 0 Å². The van der Waals surface area contributed by atoms with Gasteiger partial charge in [-0.3, -0.25) is 4.90 Å². The molecule has 1 unspecified atom stereocenters. The van der Waals surface area contributed by atoms with E-state index in [-0.39, 0.29) is 6.79 Å². The molecule has 0 spiro atoms. The number of rotatable bonds is 3. The van der Waals surface area contributed by atoms with Crippen LogP contribution in [0.5, 0.6) is 17.2 Å². The molecule has 0 aliphatic carbocycles. The van der Waals surface area contributed by atoms with Crippen molar-refractivity contribution in [1.29, 1.82) is 0 Å². The van der Waals surface area contributed by atoms with Crippen molar-refractivity contribution in [3.05, 3.63) is 17.2 Å². The van der Waals surface area contributed by atoms with Gasteiger partial charge in [0.1, 0.15) is 0 Å². The minimum Gasteiger partial charge on any atom is -0.492 e. The first kappa shape index (κ1) is 16.7. The van der Waals surface area contributed by atoms with Crippen LogP contribution in [0.1, 0.15) is 23.6 Å². The second-order valence-corrected chi connectivity index (χ2v) is 5.71. The van der Waals surface area contributed by atoms with Crippen LogP contribution in [0, 0.1) is 0 Å². The minimum atomic E-state index is -4.70. The Morgan fingerprint density at radius 2 is 2.21 bits per heavy atom. The zero-order valence-corrected chi connectivity index (χ0v) is 13.2. The van der Waals surface area contributed by atoms with E-state index in [1.165, 1.54) is 7.11 Å². The summed E-state index contributed by atoms with van der Waals surface area (Å²) in [7, 11) is 3.16. The van der Waals surface area contributed by atoms with Crippen molar-refractivity contribution in [1.82, 2.24) is 4.90 Å². The molecule has 0 saturated heterocycles. The fourth-order valence-electron chi connectivity index (χ4n) is 3.18. The van der Waals surface area contributed by atoms with Gasteiger partial charge in [-0.05, 0) is 25.1 Å². The molecule has 1 atom stereocenters. The zero-order chi connectivity index (χ0) is 17.5. The number of hydrogen-bond donors (Lipinski definition) is 1. The molecular formula is C15H17F3N2O4. The van der Waals surface area contributed by atoms with Gasteiger partial charge in [0.2, 0.25) is 12.5 Å². The fourth-order valence-corrected chi connectivity index (χ4v) is 3.18. The van der Waals surface area contributed by atoms with Crippen molar-refractivity contribution in [2.75, 3.05) is 27.5 Å². The summed E-state index contributed by atoms with van der Waals surface area (Å²) in [6, 6.07) is 1.13. The number of benzene rings is 1. The number of likely N-dealkylation sites (N-methyl/N-ethyl adjacent to an activating group) is 1. The number of ether oxygens (including phenoxy) is 3. The molecule has 24 heavy (non-hydrogen) atoms. The highest BCUT2D eigenvalue weighted by atomic mass is 19.4. The lowest BCUT2D eigenvalue weighted by Crippen LogP contribution is -2.36. The van der Waals surface area contributed by atoms with E-state index in [2.05, 4.69) is 5.16 Å². The lowest BCUT2D eigenvalue weighted by molar-refractivity contribution is -0.0638. The SMILES string of the molecule is COc1c2c(cc3c1C(CC(=NO)C(F)(F)F)N(C)CC3)OCO2. The summed E-state index contributed by atoms with van der Waals surface area (Å²) in [4.78, 5) is 1.78. The van der Waals surface area contributed by atoms with Crippen LogP contribution in [0.2, 0.25) is 0 Å². The lowest BCUT2D eigenvalue weighted by atomic mass is 9.88. The molecule has 1 aromatic rings. The molecule has 0 saturated carbocycles. The molecule has 2 heterocycles. The van der Waals surface area contributed by atoms with Crippen molar-refractivity contribution in [3.8, 4) is 17.2 Å². The number of fused-ring (bicyclic) bond motifs is 2. The largest absolute Gasteiger partial charge is 0.492 e. The highest BCUT2D eigenvalue weighted by Crippen LogP contribution is 2.50. The highest BCUT2D eigenvalue weighted by Gasteiger charge is 2.41. The third-order valence-electron chi connectivity index (χ3n) is 4.38. The molecular weight excluding hydrogens is 329 g/mol. The third kappa shape index (κ3) is 2.72. The van der Waals surface area contributed by atoms with E-state index in [0.29, 0.717) is 35.8 Å². The van der Waals surface area contributed by atoms with Crippen molar-refractivity contribution in [2.24, 2.45) is 5.16 Å². The maximum atomic E-state index is 13.0. The molecule has 2 aliphatic rings.